The van der Waals surface area contributed by atoms with Crippen molar-refractivity contribution in [2.24, 2.45) is 5.92 Å². The van der Waals surface area contributed by atoms with Crippen molar-refractivity contribution in [2.45, 2.75) is 17.7 Å². The number of ether oxygens (including phenoxy) is 2. The number of piperidine rings is 1. The third-order valence-electron chi connectivity index (χ3n) is 4.87. The van der Waals surface area contributed by atoms with Crippen LogP contribution >= 0.6 is 11.6 Å². The molecule has 0 saturated carbocycles. The van der Waals surface area contributed by atoms with E-state index in [9.17, 15) is 13.2 Å². The van der Waals surface area contributed by atoms with Crippen LogP contribution in [0.4, 0.5) is 5.69 Å². The summed E-state index contributed by atoms with van der Waals surface area (Å²) >= 11 is 6.10. The van der Waals surface area contributed by atoms with Gasteiger partial charge in [0.05, 0.1) is 35.7 Å². The summed E-state index contributed by atoms with van der Waals surface area (Å²) in [6.45, 7) is 0.509. The first kappa shape index (κ1) is 21.4. The number of carbonyl (C=O) groups is 1. The van der Waals surface area contributed by atoms with Crippen LogP contribution in [-0.4, -0.2) is 45.9 Å². The molecule has 0 spiro atoms. The second-order valence-electron chi connectivity index (χ2n) is 6.69. The number of rotatable bonds is 6. The third-order valence-corrected chi connectivity index (χ3v) is 7.04. The Morgan fingerprint density at radius 3 is 2.48 bits per heavy atom. The number of sulfonamides is 1. The third kappa shape index (κ3) is 4.66. The Labute approximate surface area is 175 Å². The summed E-state index contributed by atoms with van der Waals surface area (Å²) in [5.74, 6) is 0.0441. The van der Waals surface area contributed by atoms with Crippen LogP contribution in [0.3, 0.4) is 0 Å². The van der Waals surface area contributed by atoms with Crippen LogP contribution in [0.1, 0.15) is 12.8 Å². The van der Waals surface area contributed by atoms with Crippen molar-refractivity contribution in [3.05, 3.63) is 47.5 Å². The lowest BCUT2D eigenvalue weighted by Crippen LogP contribution is -2.43. The number of hydrogen-bond donors (Lipinski definition) is 1. The number of nitrogens with zero attached hydrogens (tertiary/aromatic N) is 1. The van der Waals surface area contributed by atoms with Gasteiger partial charge in [0, 0.05) is 25.2 Å². The Balaban J connectivity index is 1.77. The highest BCUT2D eigenvalue weighted by atomic mass is 35.5. The SMILES string of the molecule is COc1cc(NC(=O)[C@H]2CCCN(S(=O)(=O)c3ccccc3)C2)c(OC)cc1Cl. The molecule has 0 aliphatic carbocycles. The highest BCUT2D eigenvalue weighted by Crippen LogP contribution is 2.36. The zero-order chi connectivity index (χ0) is 21.0. The predicted octanol–water partition coefficient (Wildman–Crippen LogP) is 3.40. The molecule has 156 valence electrons. The van der Waals surface area contributed by atoms with E-state index in [1.54, 1.807) is 42.5 Å². The van der Waals surface area contributed by atoms with Crippen LogP contribution in [0, 0.1) is 5.92 Å². The van der Waals surface area contributed by atoms with E-state index in [4.69, 9.17) is 21.1 Å². The maximum atomic E-state index is 12.9. The zero-order valence-corrected chi connectivity index (χ0v) is 17.8. The smallest absolute Gasteiger partial charge is 0.243 e. The van der Waals surface area contributed by atoms with Gasteiger partial charge in [-0.05, 0) is 25.0 Å². The van der Waals surface area contributed by atoms with Crippen molar-refractivity contribution in [1.82, 2.24) is 4.31 Å². The standard InChI is InChI=1S/C20H23ClN2O5S/c1-27-18-12-17(19(28-2)11-16(18)21)22-20(24)14-7-6-10-23(13-14)29(25,26)15-8-4-3-5-9-15/h3-5,8-9,11-12,14H,6-7,10,13H2,1-2H3,(H,22,24)/t14-/m0/s1. The van der Waals surface area contributed by atoms with Crippen molar-refractivity contribution in [3.63, 3.8) is 0 Å². The molecule has 2 aromatic carbocycles. The van der Waals surface area contributed by atoms with Gasteiger partial charge in [-0.15, -0.1) is 0 Å². The van der Waals surface area contributed by atoms with E-state index in [2.05, 4.69) is 5.32 Å². The van der Waals surface area contributed by atoms with Crippen LogP contribution in [-0.2, 0) is 14.8 Å². The van der Waals surface area contributed by atoms with Gasteiger partial charge in [-0.1, -0.05) is 29.8 Å². The number of halogens is 1. The average molecular weight is 439 g/mol. The van der Waals surface area contributed by atoms with Crippen LogP contribution in [0.25, 0.3) is 0 Å². The van der Waals surface area contributed by atoms with E-state index in [0.717, 1.165) is 0 Å². The molecule has 7 nitrogen and oxygen atoms in total. The molecule has 1 N–H and O–H groups in total. The summed E-state index contributed by atoms with van der Waals surface area (Å²) < 4.78 is 37.6. The molecule has 0 unspecified atom stereocenters. The Morgan fingerprint density at radius 2 is 1.83 bits per heavy atom. The van der Waals surface area contributed by atoms with Crippen LogP contribution in [0.15, 0.2) is 47.4 Å². The molecule has 1 atom stereocenters. The number of amides is 1. The lowest BCUT2D eigenvalue weighted by atomic mass is 9.98. The van der Waals surface area contributed by atoms with Gasteiger partial charge in [-0.25, -0.2) is 8.42 Å². The Kier molecular flexibility index (Phi) is 6.66. The van der Waals surface area contributed by atoms with Crippen LogP contribution < -0.4 is 14.8 Å². The number of nitrogens with one attached hydrogen (secondary N) is 1. The summed E-state index contributed by atoms with van der Waals surface area (Å²) in [5, 5.41) is 3.18. The highest BCUT2D eigenvalue weighted by Gasteiger charge is 2.33. The summed E-state index contributed by atoms with van der Waals surface area (Å²) in [6.07, 6.45) is 1.20. The van der Waals surface area contributed by atoms with Gasteiger partial charge in [0.1, 0.15) is 11.5 Å². The summed E-state index contributed by atoms with van der Waals surface area (Å²) in [6, 6.07) is 11.4. The Hall–Kier alpha value is -2.29. The van der Waals surface area contributed by atoms with E-state index in [-0.39, 0.29) is 17.3 Å². The zero-order valence-electron chi connectivity index (χ0n) is 16.2. The van der Waals surface area contributed by atoms with Crippen LogP contribution in [0.5, 0.6) is 11.5 Å². The van der Waals surface area contributed by atoms with E-state index in [0.29, 0.717) is 41.6 Å². The average Bonchev–Trinajstić information content (AvgIpc) is 2.75. The second-order valence-corrected chi connectivity index (χ2v) is 9.04. The summed E-state index contributed by atoms with van der Waals surface area (Å²) in [4.78, 5) is 13.1. The molecule has 29 heavy (non-hydrogen) atoms. The molecule has 0 radical (unpaired) electrons. The lowest BCUT2D eigenvalue weighted by molar-refractivity contribution is -0.120. The molecule has 1 saturated heterocycles. The summed E-state index contributed by atoms with van der Waals surface area (Å²) in [5.41, 5.74) is 0.418. The first-order valence-corrected chi connectivity index (χ1v) is 11.0. The van der Waals surface area contributed by atoms with Crippen molar-refractivity contribution in [1.29, 1.82) is 0 Å². The molecular weight excluding hydrogens is 416 g/mol. The number of methoxy groups -OCH3 is 2. The first-order valence-electron chi connectivity index (χ1n) is 9.14. The van der Waals surface area contributed by atoms with Crippen molar-refractivity contribution >= 4 is 33.2 Å². The summed E-state index contributed by atoms with van der Waals surface area (Å²) in [7, 11) is -0.686. The number of hydrogen-bond acceptors (Lipinski definition) is 5. The molecule has 3 rings (SSSR count). The molecule has 2 aromatic rings. The van der Waals surface area contributed by atoms with Gasteiger partial charge in [-0.3, -0.25) is 4.79 Å². The van der Waals surface area contributed by atoms with E-state index < -0.39 is 15.9 Å². The molecule has 9 heteroatoms. The Morgan fingerprint density at radius 1 is 1.14 bits per heavy atom. The minimum absolute atomic E-state index is 0.121. The molecule has 1 heterocycles. The van der Waals surface area contributed by atoms with Gasteiger partial charge in [-0.2, -0.15) is 4.31 Å². The predicted molar refractivity (Wildman–Crippen MR) is 111 cm³/mol. The fourth-order valence-electron chi connectivity index (χ4n) is 3.31. The van der Waals surface area contributed by atoms with Crippen molar-refractivity contribution < 1.29 is 22.7 Å². The fourth-order valence-corrected chi connectivity index (χ4v) is 5.08. The largest absolute Gasteiger partial charge is 0.495 e. The Bertz CT molecular complexity index is 982. The topological polar surface area (TPSA) is 84.9 Å². The van der Waals surface area contributed by atoms with Gasteiger partial charge < -0.3 is 14.8 Å². The number of carbonyl (C=O) groups excluding carboxylic acids is 1. The first-order chi connectivity index (χ1) is 13.9. The molecule has 1 aliphatic heterocycles. The number of anilines is 1. The monoisotopic (exact) mass is 438 g/mol. The van der Waals surface area contributed by atoms with Gasteiger partial charge in [0.15, 0.2) is 0 Å². The normalized spacial score (nSPS) is 17.6. The van der Waals surface area contributed by atoms with Gasteiger partial charge in [0.25, 0.3) is 0 Å². The minimum Gasteiger partial charge on any atom is -0.495 e. The fraction of sp³-hybridized carbons (Fsp3) is 0.350. The molecule has 1 fully saturated rings. The minimum atomic E-state index is -3.64. The highest BCUT2D eigenvalue weighted by molar-refractivity contribution is 7.89. The number of benzene rings is 2. The molecule has 1 amide bonds. The van der Waals surface area contributed by atoms with Crippen molar-refractivity contribution in [2.75, 3.05) is 32.6 Å². The van der Waals surface area contributed by atoms with E-state index in [1.165, 1.54) is 18.5 Å². The molecular formula is C20H23ClN2O5S. The molecule has 1 aliphatic rings. The maximum Gasteiger partial charge on any atom is 0.243 e. The van der Waals surface area contributed by atoms with Crippen molar-refractivity contribution in [3.8, 4) is 11.5 Å². The van der Waals surface area contributed by atoms with Gasteiger partial charge >= 0.3 is 0 Å². The van der Waals surface area contributed by atoms with Gasteiger partial charge in [0.2, 0.25) is 15.9 Å². The maximum absolute atomic E-state index is 12.9. The lowest BCUT2D eigenvalue weighted by Gasteiger charge is -2.31. The van der Waals surface area contributed by atoms with Crippen LogP contribution in [0.2, 0.25) is 5.02 Å². The van der Waals surface area contributed by atoms with E-state index >= 15 is 0 Å². The van der Waals surface area contributed by atoms with E-state index in [1.807, 2.05) is 0 Å². The second kappa shape index (κ2) is 9.02. The molecule has 0 aromatic heterocycles. The molecule has 0 bridgehead atoms. The quantitative estimate of drug-likeness (QED) is 0.747.